The fourth-order valence-electron chi connectivity index (χ4n) is 2.16. The number of hydrogen-bond acceptors (Lipinski definition) is 3. The van der Waals surface area contributed by atoms with E-state index in [1.54, 1.807) is 6.33 Å². The molecule has 1 aromatic heterocycles. The zero-order valence-electron chi connectivity index (χ0n) is 9.51. The minimum absolute atomic E-state index is 0.672. The Morgan fingerprint density at radius 3 is 2.82 bits per heavy atom. The number of para-hydroxylation sites is 1. The van der Waals surface area contributed by atoms with Gasteiger partial charge in [-0.15, -0.1) is 0 Å². The number of anilines is 1. The van der Waals surface area contributed by atoms with Gasteiger partial charge >= 0.3 is 0 Å². The molecule has 0 saturated heterocycles. The fraction of sp³-hybridized carbons (Fsp3) is 0.385. The molecule has 1 aliphatic rings. The first kappa shape index (κ1) is 11.0. The second-order valence-electron chi connectivity index (χ2n) is 4.33. The van der Waals surface area contributed by atoms with Crippen LogP contribution in [0.3, 0.4) is 0 Å². The highest BCUT2D eigenvalue weighted by Gasteiger charge is 2.30. The van der Waals surface area contributed by atoms with Crippen LogP contribution in [-0.4, -0.2) is 27.9 Å². The zero-order valence-corrected chi connectivity index (χ0v) is 11.1. The van der Waals surface area contributed by atoms with Crippen molar-refractivity contribution in [1.82, 2.24) is 9.97 Å². The van der Waals surface area contributed by atoms with E-state index in [2.05, 4.69) is 42.9 Å². The number of nitrogens with zero attached hydrogens (tertiary/aromatic N) is 3. The lowest BCUT2D eigenvalue weighted by molar-refractivity contribution is 0.818. The zero-order chi connectivity index (χ0) is 11.7. The summed E-state index contributed by atoms with van der Waals surface area (Å²) in [4.78, 5) is 11.2. The monoisotopic (exact) mass is 291 g/mol. The molecule has 0 amide bonds. The van der Waals surface area contributed by atoms with Crippen molar-refractivity contribution in [1.29, 1.82) is 0 Å². The van der Waals surface area contributed by atoms with Gasteiger partial charge in [-0.25, -0.2) is 9.97 Å². The van der Waals surface area contributed by atoms with E-state index in [1.165, 1.54) is 12.8 Å². The Labute approximate surface area is 109 Å². The largest absolute Gasteiger partial charge is 0.352 e. The van der Waals surface area contributed by atoms with Crippen molar-refractivity contribution >= 4 is 32.7 Å². The van der Waals surface area contributed by atoms with Gasteiger partial charge in [0.15, 0.2) is 0 Å². The Hall–Kier alpha value is -1.16. The van der Waals surface area contributed by atoms with Gasteiger partial charge in [0, 0.05) is 23.3 Å². The molecule has 2 aromatic rings. The molecule has 3 nitrogen and oxygen atoms in total. The van der Waals surface area contributed by atoms with Crippen LogP contribution in [0.5, 0.6) is 0 Å². The van der Waals surface area contributed by atoms with Crippen molar-refractivity contribution in [3.05, 3.63) is 30.6 Å². The minimum Gasteiger partial charge on any atom is -0.352 e. The van der Waals surface area contributed by atoms with Crippen molar-refractivity contribution in [3.8, 4) is 0 Å². The van der Waals surface area contributed by atoms with E-state index < -0.39 is 0 Å². The first-order valence-corrected chi connectivity index (χ1v) is 7.04. The van der Waals surface area contributed by atoms with Crippen molar-refractivity contribution < 1.29 is 0 Å². The first-order chi connectivity index (χ1) is 8.40. The molecule has 0 spiro atoms. The number of alkyl halides is 1. The average Bonchev–Trinajstić information content (AvgIpc) is 3.20. The van der Waals surface area contributed by atoms with E-state index >= 15 is 0 Å². The normalized spacial score (nSPS) is 15.1. The number of benzene rings is 1. The Morgan fingerprint density at radius 1 is 1.24 bits per heavy atom. The van der Waals surface area contributed by atoms with Gasteiger partial charge in [0.25, 0.3) is 0 Å². The molecule has 88 valence electrons. The second kappa shape index (κ2) is 4.61. The minimum atomic E-state index is 0.672. The van der Waals surface area contributed by atoms with Gasteiger partial charge in [-0.3, -0.25) is 0 Å². The molecule has 0 atom stereocenters. The highest BCUT2D eigenvalue weighted by molar-refractivity contribution is 9.09. The molecule has 3 rings (SSSR count). The molecule has 17 heavy (non-hydrogen) atoms. The molecule has 1 aliphatic carbocycles. The van der Waals surface area contributed by atoms with Crippen LogP contribution in [0, 0.1) is 0 Å². The topological polar surface area (TPSA) is 29.0 Å². The standard InChI is InChI=1S/C13H14BrN3/c14-7-8-17(10-5-6-10)13-11-3-1-2-4-12(11)15-9-16-13/h1-4,9-10H,5-8H2. The van der Waals surface area contributed by atoms with Crippen LogP contribution in [0.1, 0.15) is 12.8 Å². The SMILES string of the molecule is BrCCN(c1ncnc2ccccc12)C1CC1. The number of fused-ring (bicyclic) bond motifs is 1. The van der Waals surface area contributed by atoms with Crippen LogP contribution in [0.4, 0.5) is 5.82 Å². The maximum atomic E-state index is 4.48. The molecule has 1 heterocycles. The molecular weight excluding hydrogens is 278 g/mol. The van der Waals surface area contributed by atoms with Gasteiger partial charge in [0.2, 0.25) is 0 Å². The quantitative estimate of drug-likeness (QED) is 0.811. The summed E-state index contributed by atoms with van der Waals surface area (Å²) < 4.78 is 0. The summed E-state index contributed by atoms with van der Waals surface area (Å²) in [6.07, 6.45) is 4.23. The highest BCUT2D eigenvalue weighted by atomic mass is 79.9. The van der Waals surface area contributed by atoms with Crippen molar-refractivity contribution in [2.24, 2.45) is 0 Å². The molecule has 1 fully saturated rings. The van der Waals surface area contributed by atoms with E-state index in [-0.39, 0.29) is 0 Å². The average molecular weight is 292 g/mol. The molecule has 4 heteroatoms. The van der Waals surface area contributed by atoms with Gasteiger partial charge in [-0.2, -0.15) is 0 Å². The van der Waals surface area contributed by atoms with Crippen molar-refractivity contribution in [2.45, 2.75) is 18.9 Å². The first-order valence-electron chi connectivity index (χ1n) is 5.92. The van der Waals surface area contributed by atoms with Crippen LogP contribution < -0.4 is 4.90 Å². The summed E-state index contributed by atoms with van der Waals surface area (Å²) in [6.45, 7) is 1.01. The van der Waals surface area contributed by atoms with Gasteiger partial charge in [-0.05, 0) is 25.0 Å². The Balaban J connectivity index is 2.08. The maximum absolute atomic E-state index is 4.48. The van der Waals surface area contributed by atoms with Gasteiger partial charge in [-0.1, -0.05) is 28.1 Å². The van der Waals surface area contributed by atoms with E-state index in [4.69, 9.17) is 0 Å². The highest BCUT2D eigenvalue weighted by Crippen LogP contribution is 2.33. The lowest BCUT2D eigenvalue weighted by Crippen LogP contribution is -2.28. The summed E-state index contributed by atoms with van der Waals surface area (Å²) in [7, 11) is 0. The fourth-order valence-corrected chi connectivity index (χ4v) is 2.54. The third-order valence-electron chi connectivity index (χ3n) is 3.11. The summed E-state index contributed by atoms with van der Waals surface area (Å²) >= 11 is 3.52. The third-order valence-corrected chi connectivity index (χ3v) is 3.46. The molecule has 0 unspecified atom stereocenters. The number of rotatable bonds is 4. The molecule has 1 saturated carbocycles. The number of halogens is 1. The molecule has 1 aromatic carbocycles. The Morgan fingerprint density at radius 2 is 2.06 bits per heavy atom. The summed E-state index contributed by atoms with van der Waals surface area (Å²) in [5, 5.41) is 2.13. The lowest BCUT2D eigenvalue weighted by atomic mass is 10.2. The van der Waals surface area contributed by atoms with Crippen LogP contribution in [0.15, 0.2) is 30.6 Å². The van der Waals surface area contributed by atoms with Crippen LogP contribution in [0.25, 0.3) is 10.9 Å². The second-order valence-corrected chi connectivity index (χ2v) is 5.12. The smallest absolute Gasteiger partial charge is 0.140 e. The third kappa shape index (κ3) is 2.14. The Kier molecular flexibility index (Phi) is 2.97. The Bertz CT molecular complexity index is 520. The van der Waals surface area contributed by atoms with Crippen LogP contribution >= 0.6 is 15.9 Å². The number of aromatic nitrogens is 2. The van der Waals surface area contributed by atoms with Crippen molar-refractivity contribution in [3.63, 3.8) is 0 Å². The van der Waals surface area contributed by atoms with E-state index in [9.17, 15) is 0 Å². The maximum Gasteiger partial charge on any atom is 0.140 e. The van der Waals surface area contributed by atoms with Crippen LogP contribution in [-0.2, 0) is 0 Å². The number of hydrogen-bond donors (Lipinski definition) is 0. The summed E-state index contributed by atoms with van der Waals surface area (Å²) in [6, 6.07) is 8.89. The predicted molar refractivity (Wildman–Crippen MR) is 73.7 cm³/mol. The summed E-state index contributed by atoms with van der Waals surface area (Å²) in [5.74, 6) is 1.08. The van der Waals surface area contributed by atoms with Gasteiger partial charge in [0.05, 0.1) is 5.52 Å². The molecule has 0 radical (unpaired) electrons. The molecule has 0 N–H and O–H groups in total. The van der Waals surface area contributed by atoms with E-state index in [0.29, 0.717) is 6.04 Å². The van der Waals surface area contributed by atoms with E-state index in [1.807, 2.05) is 12.1 Å². The van der Waals surface area contributed by atoms with E-state index in [0.717, 1.165) is 28.6 Å². The summed E-state index contributed by atoms with van der Waals surface area (Å²) in [5.41, 5.74) is 1.03. The molecule has 0 aliphatic heterocycles. The molecular formula is C13H14BrN3. The molecule has 0 bridgehead atoms. The lowest BCUT2D eigenvalue weighted by Gasteiger charge is -2.23. The van der Waals surface area contributed by atoms with Crippen LogP contribution in [0.2, 0.25) is 0 Å². The van der Waals surface area contributed by atoms with Gasteiger partial charge in [0.1, 0.15) is 12.1 Å². The van der Waals surface area contributed by atoms with Gasteiger partial charge < -0.3 is 4.90 Å². The predicted octanol–water partition coefficient (Wildman–Crippen LogP) is 2.99. The van der Waals surface area contributed by atoms with Crippen molar-refractivity contribution in [2.75, 3.05) is 16.8 Å².